The molecule has 0 rings (SSSR count). The van der Waals surface area contributed by atoms with E-state index in [1.54, 1.807) is 0 Å². The summed E-state index contributed by atoms with van der Waals surface area (Å²) in [6.45, 7) is 4.85. The molecular formula is C7H16N2O2. The highest BCUT2D eigenvalue weighted by Crippen LogP contribution is 1.90. The topological polar surface area (TPSA) is 64.3 Å². The molecule has 4 heteroatoms. The third-order valence-electron chi connectivity index (χ3n) is 1.03. The van der Waals surface area contributed by atoms with Crippen molar-refractivity contribution in [3.8, 4) is 0 Å². The van der Waals surface area contributed by atoms with Gasteiger partial charge in [-0.05, 0) is 13.8 Å². The summed E-state index contributed by atoms with van der Waals surface area (Å²) in [6, 6.07) is 0. The van der Waals surface area contributed by atoms with Gasteiger partial charge in [-0.3, -0.25) is 10.1 Å². The molecule has 0 aliphatic heterocycles. The molecule has 0 aromatic heterocycles. The smallest absolute Gasteiger partial charge is 0.164 e. The van der Waals surface area contributed by atoms with Gasteiger partial charge >= 0.3 is 0 Å². The van der Waals surface area contributed by atoms with E-state index in [9.17, 15) is 4.79 Å². The predicted molar refractivity (Wildman–Crippen MR) is 43.1 cm³/mol. The van der Waals surface area contributed by atoms with Gasteiger partial charge in [0.2, 0.25) is 0 Å². The minimum Gasteiger partial charge on any atom is -0.354 e. The van der Waals surface area contributed by atoms with E-state index in [-0.39, 0.29) is 6.10 Å². The van der Waals surface area contributed by atoms with E-state index in [0.29, 0.717) is 13.1 Å². The molecular weight excluding hydrogens is 144 g/mol. The maximum Gasteiger partial charge on any atom is 0.164 e. The van der Waals surface area contributed by atoms with Gasteiger partial charge in [0.1, 0.15) is 0 Å². The summed E-state index contributed by atoms with van der Waals surface area (Å²) in [7, 11) is 0. The Hall–Kier alpha value is -0.450. The first-order valence-corrected chi connectivity index (χ1v) is 3.75. The summed E-state index contributed by atoms with van der Waals surface area (Å²) in [5.41, 5.74) is 5.23. The summed E-state index contributed by atoms with van der Waals surface area (Å²) in [5, 5.41) is 2.84. The Morgan fingerprint density at radius 2 is 2.27 bits per heavy atom. The molecule has 0 radical (unpaired) electrons. The van der Waals surface area contributed by atoms with E-state index in [1.165, 1.54) is 0 Å². The summed E-state index contributed by atoms with van der Waals surface area (Å²) in [6.07, 6.45) is 0.268. The van der Waals surface area contributed by atoms with Crippen LogP contribution in [0, 0.1) is 0 Å². The minimum atomic E-state index is -0.515. The van der Waals surface area contributed by atoms with Crippen LogP contribution >= 0.6 is 0 Å². The normalized spacial score (nSPS) is 13.5. The van der Waals surface area contributed by atoms with Crippen molar-refractivity contribution in [1.29, 1.82) is 0 Å². The van der Waals surface area contributed by atoms with E-state index in [4.69, 9.17) is 10.5 Å². The lowest BCUT2D eigenvalue weighted by molar-refractivity contribution is -0.123. The number of hydrogen-bond acceptors (Lipinski definition) is 4. The summed E-state index contributed by atoms with van der Waals surface area (Å²) in [5.74, 6) is 0. The standard InChI is InChI=1S/C7H16N2O2/c1-6(2)11-7(5-10)9-4-3-8/h5-7,9H,3-4,8H2,1-2H3. The average molecular weight is 160 g/mol. The van der Waals surface area contributed by atoms with E-state index in [0.717, 1.165) is 6.29 Å². The van der Waals surface area contributed by atoms with Gasteiger partial charge in [0.05, 0.1) is 6.10 Å². The number of nitrogens with two attached hydrogens (primary N) is 1. The van der Waals surface area contributed by atoms with Gasteiger partial charge in [-0.2, -0.15) is 0 Å². The highest BCUT2D eigenvalue weighted by molar-refractivity contribution is 5.55. The fraction of sp³-hybridized carbons (Fsp3) is 0.857. The Balaban J connectivity index is 3.49. The molecule has 0 saturated carbocycles. The van der Waals surface area contributed by atoms with Gasteiger partial charge in [-0.15, -0.1) is 0 Å². The molecule has 0 heterocycles. The minimum absolute atomic E-state index is 0.0514. The second-order valence-electron chi connectivity index (χ2n) is 2.48. The van der Waals surface area contributed by atoms with Crippen molar-refractivity contribution in [3.63, 3.8) is 0 Å². The SMILES string of the molecule is CC(C)OC(C=O)NCCN. The van der Waals surface area contributed by atoms with E-state index in [1.807, 2.05) is 13.8 Å². The molecule has 0 spiro atoms. The molecule has 66 valence electrons. The second kappa shape index (κ2) is 6.27. The number of carbonyl (C=O) groups is 1. The molecule has 0 saturated heterocycles. The average Bonchev–Trinajstić information content (AvgIpc) is 1.97. The quantitative estimate of drug-likeness (QED) is 0.405. The predicted octanol–water partition coefficient (Wildman–Crippen LogP) is -0.515. The van der Waals surface area contributed by atoms with Crippen LogP contribution in [0.3, 0.4) is 0 Å². The number of aldehydes is 1. The lowest BCUT2D eigenvalue weighted by atomic mass is 10.4. The first kappa shape index (κ1) is 10.6. The Morgan fingerprint density at radius 3 is 2.64 bits per heavy atom. The molecule has 0 aliphatic rings. The molecule has 0 amide bonds. The van der Waals surface area contributed by atoms with Crippen LogP contribution in [-0.2, 0) is 9.53 Å². The van der Waals surface area contributed by atoms with Crippen LogP contribution in [0.5, 0.6) is 0 Å². The molecule has 0 bridgehead atoms. The fourth-order valence-corrected chi connectivity index (χ4v) is 0.647. The zero-order valence-electron chi connectivity index (χ0n) is 7.04. The number of nitrogens with one attached hydrogen (secondary N) is 1. The van der Waals surface area contributed by atoms with Crippen LogP contribution in [-0.4, -0.2) is 31.7 Å². The zero-order chi connectivity index (χ0) is 8.69. The molecule has 0 aromatic carbocycles. The largest absolute Gasteiger partial charge is 0.354 e. The van der Waals surface area contributed by atoms with Crippen LogP contribution in [0.2, 0.25) is 0 Å². The van der Waals surface area contributed by atoms with Crippen LogP contribution in [0.4, 0.5) is 0 Å². The van der Waals surface area contributed by atoms with Gasteiger partial charge in [0.25, 0.3) is 0 Å². The number of hydrogen-bond donors (Lipinski definition) is 2. The third-order valence-corrected chi connectivity index (χ3v) is 1.03. The first-order chi connectivity index (χ1) is 5.20. The lowest BCUT2D eigenvalue weighted by Crippen LogP contribution is -2.38. The third kappa shape index (κ3) is 5.97. The number of ether oxygens (including phenoxy) is 1. The van der Waals surface area contributed by atoms with Crippen LogP contribution in [0.1, 0.15) is 13.8 Å². The van der Waals surface area contributed by atoms with Crippen molar-refractivity contribution in [1.82, 2.24) is 5.32 Å². The van der Waals surface area contributed by atoms with Gasteiger partial charge in [0.15, 0.2) is 12.5 Å². The maximum absolute atomic E-state index is 10.3. The Labute approximate surface area is 67.1 Å². The van der Waals surface area contributed by atoms with Crippen molar-refractivity contribution in [2.24, 2.45) is 5.73 Å². The molecule has 0 fully saturated rings. The molecule has 0 aliphatic carbocycles. The van der Waals surface area contributed by atoms with Crippen LogP contribution in [0.25, 0.3) is 0 Å². The lowest BCUT2D eigenvalue weighted by Gasteiger charge is -2.15. The summed E-state index contributed by atoms with van der Waals surface area (Å²) >= 11 is 0. The fourth-order valence-electron chi connectivity index (χ4n) is 0.647. The highest BCUT2D eigenvalue weighted by Gasteiger charge is 2.06. The molecule has 4 nitrogen and oxygen atoms in total. The van der Waals surface area contributed by atoms with Crippen LogP contribution < -0.4 is 11.1 Å². The molecule has 0 aromatic rings. The number of carbonyl (C=O) groups excluding carboxylic acids is 1. The van der Waals surface area contributed by atoms with Gasteiger partial charge < -0.3 is 10.5 Å². The Morgan fingerprint density at radius 1 is 1.64 bits per heavy atom. The zero-order valence-corrected chi connectivity index (χ0v) is 7.04. The van der Waals surface area contributed by atoms with Gasteiger partial charge in [-0.1, -0.05) is 0 Å². The van der Waals surface area contributed by atoms with E-state index >= 15 is 0 Å². The van der Waals surface area contributed by atoms with E-state index in [2.05, 4.69) is 5.32 Å². The number of rotatable bonds is 6. The maximum atomic E-state index is 10.3. The Kier molecular flexibility index (Phi) is 6.02. The Bertz CT molecular complexity index is 107. The van der Waals surface area contributed by atoms with Crippen molar-refractivity contribution < 1.29 is 9.53 Å². The molecule has 11 heavy (non-hydrogen) atoms. The van der Waals surface area contributed by atoms with E-state index < -0.39 is 6.23 Å². The second-order valence-corrected chi connectivity index (χ2v) is 2.48. The van der Waals surface area contributed by atoms with Crippen molar-refractivity contribution >= 4 is 6.29 Å². The van der Waals surface area contributed by atoms with Crippen molar-refractivity contribution in [2.45, 2.75) is 26.2 Å². The summed E-state index contributed by atoms with van der Waals surface area (Å²) in [4.78, 5) is 10.3. The van der Waals surface area contributed by atoms with Crippen molar-refractivity contribution in [3.05, 3.63) is 0 Å². The molecule has 3 N–H and O–H groups in total. The molecule has 1 atom stereocenters. The van der Waals surface area contributed by atoms with Crippen LogP contribution in [0.15, 0.2) is 0 Å². The van der Waals surface area contributed by atoms with Gasteiger partial charge in [0, 0.05) is 13.1 Å². The van der Waals surface area contributed by atoms with Crippen molar-refractivity contribution in [2.75, 3.05) is 13.1 Å². The monoisotopic (exact) mass is 160 g/mol. The molecule has 1 unspecified atom stereocenters. The highest BCUT2D eigenvalue weighted by atomic mass is 16.5. The first-order valence-electron chi connectivity index (χ1n) is 3.75. The van der Waals surface area contributed by atoms with Gasteiger partial charge in [-0.25, -0.2) is 0 Å². The summed E-state index contributed by atoms with van der Waals surface area (Å²) < 4.78 is 5.17.